The van der Waals surface area contributed by atoms with E-state index in [0.29, 0.717) is 11.6 Å². The Kier molecular flexibility index (Phi) is 3.12. The zero-order chi connectivity index (χ0) is 11.4. The summed E-state index contributed by atoms with van der Waals surface area (Å²) in [5, 5.41) is 0. The third kappa shape index (κ3) is 2.55. The molecule has 2 heterocycles. The van der Waals surface area contributed by atoms with Crippen molar-refractivity contribution in [2.45, 2.75) is 13.0 Å². The van der Waals surface area contributed by atoms with E-state index in [-0.39, 0.29) is 6.04 Å². The Morgan fingerprint density at radius 2 is 2.12 bits per heavy atom. The van der Waals surface area contributed by atoms with E-state index in [1.165, 1.54) is 0 Å². The van der Waals surface area contributed by atoms with E-state index in [0.717, 1.165) is 5.56 Å². The van der Waals surface area contributed by atoms with E-state index in [9.17, 15) is 0 Å². The van der Waals surface area contributed by atoms with Crippen molar-refractivity contribution in [1.82, 2.24) is 9.97 Å². The Balaban J connectivity index is 2.11. The van der Waals surface area contributed by atoms with Crippen LogP contribution in [0.1, 0.15) is 18.5 Å². The van der Waals surface area contributed by atoms with Gasteiger partial charge in [0.25, 0.3) is 0 Å². The van der Waals surface area contributed by atoms with E-state index < -0.39 is 0 Å². The number of rotatable bonds is 3. The van der Waals surface area contributed by atoms with Crippen molar-refractivity contribution in [1.29, 1.82) is 0 Å². The first kappa shape index (κ1) is 10.6. The maximum atomic E-state index is 5.73. The molecule has 0 saturated carbocycles. The van der Waals surface area contributed by atoms with Crippen LogP contribution in [-0.4, -0.2) is 9.97 Å². The third-order valence-corrected chi connectivity index (χ3v) is 2.14. The molecule has 4 nitrogen and oxygen atoms in total. The van der Waals surface area contributed by atoms with Crippen LogP contribution in [0.2, 0.25) is 0 Å². The molecule has 0 bridgehead atoms. The Morgan fingerprint density at radius 3 is 2.69 bits per heavy atom. The molecule has 0 amide bonds. The van der Waals surface area contributed by atoms with Gasteiger partial charge in [-0.05, 0) is 24.6 Å². The quantitative estimate of drug-likeness (QED) is 0.853. The Bertz CT molecular complexity index is 440. The van der Waals surface area contributed by atoms with E-state index in [1.54, 1.807) is 24.7 Å². The molecule has 0 unspecified atom stereocenters. The lowest BCUT2D eigenvalue weighted by molar-refractivity contribution is 0.460. The topological polar surface area (TPSA) is 61.0 Å². The van der Waals surface area contributed by atoms with E-state index >= 15 is 0 Å². The van der Waals surface area contributed by atoms with Crippen LogP contribution in [-0.2, 0) is 0 Å². The van der Waals surface area contributed by atoms with Crippen molar-refractivity contribution in [3.05, 3.63) is 48.4 Å². The molecule has 0 aliphatic carbocycles. The normalized spacial score (nSPS) is 12.1. The van der Waals surface area contributed by atoms with Gasteiger partial charge in [0.15, 0.2) is 0 Å². The van der Waals surface area contributed by atoms with Gasteiger partial charge in [0.1, 0.15) is 5.75 Å². The molecule has 2 N–H and O–H groups in total. The summed E-state index contributed by atoms with van der Waals surface area (Å²) in [4.78, 5) is 8.12. The number of pyridine rings is 2. The van der Waals surface area contributed by atoms with E-state index in [1.807, 2.05) is 25.1 Å². The zero-order valence-corrected chi connectivity index (χ0v) is 9.00. The van der Waals surface area contributed by atoms with Crippen LogP contribution in [0, 0.1) is 0 Å². The average Bonchev–Trinajstić information content (AvgIpc) is 2.31. The molecule has 0 radical (unpaired) electrons. The number of ether oxygens (including phenoxy) is 1. The molecule has 2 rings (SSSR count). The van der Waals surface area contributed by atoms with Gasteiger partial charge in [0.2, 0.25) is 5.88 Å². The SMILES string of the molecule is C[C@@H](N)c1ccc(Oc2cccnc2)nc1. The van der Waals surface area contributed by atoms with Crippen LogP contribution in [0.15, 0.2) is 42.9 Å². The molecule has 0 aliphatic heterocycles. The van der Waals surface area contributed by atoms with Crippen molar-refractivity contribution in [2.24, 2.45) is 5.73 Å². The van der Waals surface area contributed by atoms with Gasteiger partial charge >= 0.3 is 0 Å². The Labute approximate surface area is 94.1 Å². The predicted molar refractivity (Wildman–Crippen MR) is 61.2 cm³/mol. The van der Waals surface area contributed by atoms with Crippen molar-refractivity contribution < 1.29 is 4.74 Å². The fourth-order valence-electron chi connectivity index (χ4n) is 1.25. The lowest BCUT2D eigenvalue weighted by atomic mass is 10.2. The number of aromatic nitrogens is 2. The third-order valence-electron chi connectivity index (χ3n) is 2.14. The van der Waals surface area contributed by atoms with Crippen molar-refractivity contribution in [3.63, 3.8) is 0 Å². The summed E-state index contributed by atoms with van der Waals surface area (Å²) in [6, 6.07) is 7.33. The van der Waals surface area contributed by atoms with Gasteiger partial charge in [-0.3, -0.25) is 4.98 Å². The number of hydrogen-bond donors (Lipinski definition) is 1. The van der Waals surface area contributed by atoms with Crippen molar-refractivity contribution in [2.75, 3.05) is 0 Å². The summed E-state index contributed by atoms with van der Waals surface area (Å²) >= 11 is 0. The van der Waals surface area contributed by atoms with Gasteiger partial charge in [-0.2, -0.15) is 0 Å². The molecule has 2 aromatic rings. The summed E-state index contributed by atoms with van der Waals surface area (Å²) in [6.07, 6.45) is 5.05. The van der Waals surface area contributed by atoms with Gasteiger partial charge in [-0.15, -0.1) is 0 Å². The second-order valence-electron chi connectivity index (χ2n) is 3.51. The van der Waals surface area contributed by atoms with Gasteiger partial charge in [-0.1, -0.05) is 6.07 Å². The maximum absolute atomic E-state index is 5.73. The van der Waals surface area contributed by atoms with Crippen LogP contribution in [0.5, 0.6) is 11.6 Å². The minimum atomic E-state index is -0.0139. The molecule has 0 aliphatic rings. The highest BCUT2D eigenvalue weighted by Crippen LogP contribution is 2.18. The standard InChI is InChI=1S/C12H13N3O/c1-9(13)10-4-5-12(15-7-10)16-11-3-2-6-14-8-11/h2-9H,13H2,1H3/t9-/m1/s1. The summed E-state index contributed by atoms with van der Waals surface area (Å²) in [7, 11) is 0. The lowest BCUT2D eigenvalue weighted by Gasteiger charge is -2.07. The average molecular weight is 215 g/mol. The van der Waals surface area contributed by atoms with Crippen LogP contribution in [0.4, 0.5) is 0 Å². The first-order chi connectivity index (χ1) is 7.75. The summed E-state index contributed by atoms with van der Waals surface area (Å²) in [5.74, 6) is 1.21. The van der Waals surface area contributed by atoms with Gasteiger partial charge in [0.05, 0.1) is 6.20 Å². The van der Waals surface area contributed by atoms with Crippen molar-refractivity contribution in [3.8, 4) is 11.6 Å². The molecule has 0 fully saturated rings. The molecule has 0 aromatic carbocycles. The highest BCUT2D eigenvalue weighted by atomic mass is 16.5. The fraction of sp³-hybridized carbons (Fsp3) is 0.167. The zero-order valence-electron chi connectivity index (χ0n) is 9.00. The molecule has 0 spiro atoms. The second-order valence-corrected chi connectivity index (χ2v) is 3.51. The monoisotopic (exact) mass is 215 g/mol. The predicted octanol–water partition coefficient (Wildman–Crippen LogP) is 2.29. The molecule has 2 aromatic heterocycles. The molecule has 16 heavy (non-hydrogen) atoms. The molecule has 4 heteroatoms. The van der Waals surface area contributed by atoms with Crippen LogP contribution >= 0.6 is 0 Å². The highest BCUT2D eigenvalue weighted by molar-refractivity contribution is 5.25. The van der Waals surface area contributed by atoms with Crippen LogP contribution in [0.25, 0.3) is 0 Å². The minimum Gasteiger partial charge on any atom is -0.437 e. The molecular weight excluding hydrogens is 202 g/mol. The first-order valence-electron chi connectivity index (χ1n) is 5.05. The maximum Gasteiger partial charge on any atom is 0.219 e. The minimum absolute atomic E-state index is 0.0139. The molecular formula is C12H13N3O. The number of nitrogens with zero attached hydrogens (tertiary/aromatic N) is 2. The molecule has 82 valence electrons. The summed E-state index contributed by atoms with van der Waals surface area (Å²) in [6.45, 7) is 1.92. The second kappa shape index (κ2) is 4.72. The van der Waals surface area contributed by atoms with Crippen molar-refractivity contribution >= 4 is 0 Å². The summed E-state index contributed by atoms with van der Waals surface area (Å²) in [5.41, 5.74) is 6.71. The number of hydrogen-bond acceptors (Lipinski definition) is 4. The van der Waals surface area contributed by atoms with Gasteiger partial charge < -0.3 is 10.5 Å². The Hall–Kier alpha value is -1.94. The first-order valence-corrected chi connectivity index (χ1v) is 5.05. The Morgan fingerprint density at radius 1 is 1.25 bits per heavy atom. The highest BCUT2D eigenvalue weighted by Gasteiger charge is 2.01. The van der Waals surface area contributed by atoms with Gasteiger partial charge in [-0.25, -0.2) is 4.98 Å². The van der Waals surface area contributed by atoms with Crippen LogP contribution < -0.4 is 10.5 Å². The van der Waals surface area contributed by atoms with Crippen LogP contribution in [0.3, 0.4) is 0 Å². The lowest BCUT2D eigenvalue weighted by Crippen LogP contribution is -2.05. The van der Waals surface area contributed by atoms with E-state index in [4.69, 9.17) is 10.5 Å². The largest absolute Gasteiger partial charge is 0.437 e. The fourth-order valence-corrected chi connectivity index (χ4v) is 1.25. The van der Waals surface area contributed by atoms with Gasteiger partial charge in [0, 0.05) is 24.5 Å². The molecule has 0 saturated heterocycles. The smallest absolute Gasteiger partial charge is 0.219 e. The summed E-state index contributed by atoms with van der Waals surface area (Å²) < 4.78 is 5.50. The number of nitrogens with two attached hydrogens (primary N) is 1. The van der Waals surface area contributed by atoms with E-state index in [2.05, 4.69) is 9.97 Å². The molecule has 1 atom stereocenters.